The number of esters is 1. The summed E-state index contributed by atoms with van der Waals surface area (Å²) in [4.78, 5) is 25.2. The highest BCUT2D eigenvalue weighted by atomic mass is 16.5. The van der Waals surface area contributed by atoms with Gasteiger partial charge in [0.05, 0.1) is 31.2 Å². The summed E-state index contributed by atoms with van der Waals surface area (Å²) in [5.74, 6) is 1.15. The highest BCUT2D eigenvalue weighted by Crippen LogP contribution is 2.30. The molecule has 0 amide bonds. The van der Waals surface area contributed by atoms with E-state index in [1.54, 1.807) is 37.7 Å². The number of anilines is 3. The van der Waals surface area contributed by atoms with Crippen molar-refractivity contribution < 1.29 is 14.3 Å². The maximum atomic E-state index is 11.9. The van der Waals surface area contributed by atoms with E-state index >= 15 is 0 Å². The molecule has 0 radical (unpaired) electrons. The van der Waals surface area contributed by atoms with Gasteiger partial charge in [-0.3, -0.25) is 4.98 Å². The summed E-state index contributed by atoms with van der Waals surface area (Å²) in [5.41, 5.74) is 2.39. The SMILES string of the molecule is COC(=O)c1ccc(OC)c(Nc2cc(-c3ccncc3)nc(NC(C)(C)C)n2)c1. The first-order valence-corrected chi connectivity index (χ1v) is 9.40. The zero-order valence-corrected chi connectivity index (χ0v) is 17.7. The molecule has 0 spiro atoms. The van der Waals surface area contributed by atoms with E-state index in [1.807, 2.05) is 39.0 Å². The van der Waals surface area contributed by atoms with E-state index in [0.29, 0.717) is 28.8 Å². The Morgan fingerprint density at radius 3 is 2.37 bits per heavy atom. The van der Waals surface area contributed by atoms with Gasteiger partial charge in [0.25, 0.3) is 0 Å². The van der Waals surface area contributed by atoms with Gasteiger partial charge in [-0.05, 0) is 51.1 Å². The third-order valence-electron chi connectivity index (χ3n) is 4.07. The minimum Gasteiger partial charge on any atom is -0.495 e. The van der Waals surface area contributed by atoms with Crippen LogP contribution in [-0.2, 0) is 4.74 Å². The van der Waals surface area contributed by atoms with E-state index in [1.165, 1.54) is 7.11 Å². The molecule has 0 aliphatic carbocycles. The van der Waals surface area contributed by atoms with Crippen LogP contribution in [0.1, 0.15) is 31.1 Å². The third-order valence-corrected chi connectivity index (χ3v) is 4.07. The van der Waals surface area contributed by atoms with Gasteiger partial charge in [-0.2, -0.15) is 4.98 Å². The number of carbonyl (C=O) groups is 1. The van der Waals surface area contributed by atoms with Crippen LogP contribution >= 0.6 is 0 Å². The van der Waals surface area contributed by atoms with Crippen molar-refractivity contribution in [2.24, 2.45) is 0 Å². The van der Waals surface area contributed by atoms with Crippen LogP contribution in [0, 0.1) is 0 Å². The van der Waals surface area contributed by atoms with Crippen LogP contribution in [0.4, 0.5) is 17.5 Å². The van der Waals surface area contributed by atoms with Crippen LogP contribution < -0.4 is 15.4 Å². The van der Waals surface area contributed by atoms with Crippen LogP contribution in [0.15, 0.2) is 48.8 Å². The predicted molar refractivity (Wildman–Crippen MR) is 116 cm³/mol. The second-order valence-electron chi connectivity index (χ2n) is 7.60. The quantitative estimate of drug-likeness (QED) is 0.584. The Balaban J connectivity index is 2.05. The molecule has 0 fully saturated rings. The second kappa shape index (κ2) is 8.77. The molecular weight excluding hydrogens is 382 g/mol. The fourth-order valence-corrected chi connectivity index (χ4v) is 2.76. The first kappa shape index (κ1) is 21.0. The number of pyridine rings is 1. The van der Waals surface area contributed by atoms with Crippen molar-refractivity contribution >= 4 is 23.4 Å². The lowest BCUT2D eigenvalue weighted by atomic mass is 10.1. The Labute approximate surface area is 175 Å². The minimum absolute atomic E-state index is 0.226. The minimum atomic E-state index is -0.434. The van der Waals surface area contributed by atoms with E-state index in [2.05, 4.69) is 25.6 Å². The Morgan fingerprint density at radius 1 is 1.00 bits per heavy atom. The molecule has 0 aliphatic rings. The molecule has 3 aromatic rings. The molecule has 8 heteroatoms. The summed E-state index contributed by atoms with van der Waals surface area (Å²) in [5, 5.41) is 6.54. The fourth-order valence-electron chi connectivity index (χ4n) is 2.76. The number of hydrogen-bond acceptors (Lipinski definition) is 8. The molecule has 0 unspecified atom stereocenters. The fraction of sp³-hybridized carbons (Fsp3) is 0.273. The Hall–Kier alpha value is -3.68. The van der Waals surface area contributed by atoms with Gasteiger partial charge in [0.15, 0.2) is 0 Å². The van der Waals surface area contributed by atoms with Gasteiger partial charge in [0.1, 0.15) is 11.6 Å². The highest BCUT2D eigenvalue weighted by Gasteiger charge is 2.16. The summed E-state index contributed by atoms with van der Waals surface area (Å²) in [6.45, 7) is 6.10. The number of nitrogens with one attached hydrogen (secondary N) is 2. The first-order valence-electron chi connectivity index (χ1n) is 9.40. The normalized spacial score (nSPS) is 11.0. The lowest BCUT2D eigenvalue weighted by Gasteiger charge is -2.21. The molecule has 1 aromatic carbocycles. The van der Waals surface area contributed by atoms with Crippen LogP contribution in [0.2, 0.25) is 0 Å². The number of methoxy groups -OCH3 is 2. The maximum absolute atomic E-state index is 11.9. The number of aromatic nitrogens is 3. The Kier molecular flexibility index (Phi) is 6.15. The lowest BCUT2D eigenvalue weighted by molar-refractivity contribution is 0.0600. The number of nitrogens with zero attached hydrogens (tertiary/aromatic N) is 3. The molecule has 3 rings (SSSR count). The summed E-state index contributed by atoms with van der Waals surface area (Å²) in [6.07, 6.45) is 3.43. The summed E-state index contributed by atoms with van der Waals surface area (Å²) < 4.78 is 10.2. The van der Waals surface area contributed by atoms with E-state index in [-0.39, 0.29) is 5.54 Å². The molecular formula is C22H25N5O3. The van der Waals surface area contributed by atoms with Gasteiger partial charge in [-0.15, -0.1) is 0 Å². The van der Waals surface area contributed by atoms with Crippen molar-refractivity contribution in [3.8, 4) is 17.0 Å². The second-order valence-corrected chi connectivity index (χ2v) is 7.60. The molecule has 0 saturated carbocycles. The highest BCUT2D eigenvalue weighted by molar-refractivity contribution is 5.91. The van der Waals surface area contributed by atoms with E-state index in [0.717, 1.165) is 11.3 Å². The number of benzene rings is 1. The van der Waals surface area contributed by atoms with Gasteiger partial charge < -0.3 is 20.1 Å². The molecule has 156 valence electrons. The van der Waals surface area contributed by atoms with Gasteiger partial charge in [0.2, 0.25) is 5.95 Å². The van der Waals surface area contributed by atoms with Crippen molar-refractivity contribution in [2.45, 2.75) is 26.3 Å². The van der Waals surface area contributed by atoms with Gasteiger partial charge >= 0.3 is 5.97 Å². The summed E-state index contributed by atoms with van der Waals surface area (Å²) >= 11 is 0. The standard InChI is InChI=1S/C22H25N5O3/c1-22(2,3)27-21-25-16(14-8-10-23-11-9-14)13-19(26-21)24-17-12-15(20(28)30-5)6-7-18(17)29-4/h6-13H,1-5H3,(H2,24,25,26,27). The average Bonchev–Trinajstić information content (AvgIpc) is 2.72. The monoisotopic (exact) mass is 407 g/mol. The van der Waals surface area contributed by atoms with Crippen molar-refractivity contribution in [1.29, 1.82) is 0 Å². The van der Waals surface area contributed by atoms with Crippen molar-refractivity contribution in [3.63, 3.8) is 0 Å². The van der Waals surface area contributed by atoms with Crippen LogP contribution in [0.25, 0.3) is 11.3 Å². The smallest absolute Gasteiger partial charge is 0.337 e. The number of rotatable bonds is 6. The molecule has 8 nitrogen and oxygen atoms in total. The Morgan fingerprint density at radius 2 is 1.73 bits per heavy atom. The molecule has 2 heterocycles. The van der Waals surface area contributed by atoms with Crippen LogP contribution in [0.3, 0.4) is 0 Å². The topological polar surface area (TPSA) is 98.3 Å². The molecule has 2 N–H and O–H groups in total. The van der Waals surface area contributed by atoms with Crippen molar-refractivity contribution in [2.75, 3.05) is 24.9 Å². The van der Waals surface area contributed by atoms with Crippen LogP contribution in [0.5, 0.6) is 5.75 Å². The molecule has 0 atom stereocenters. The number of carbonyl (C=O) groups excluding carboxylic acids is 1. The van der Waals surface area contributed by atoms with E-state index in [4.69, 9.17) is 9.47 Å². The molecule has 0 saturated heterocycles. The van der Waals surface area contributed by atoms with E-state index in [9.17, 15) is 4.79 Å². The molecule has 30 heavy (non-hydrogen) atoms. The van der Waals surface area contributed by atoms with E-state index < -0.39 is 5.97 Å². The predicted octanol–water partition coefficient (Wildman–Crippen LogP) is 4.29. The van der Waals surface area contributed by atoms with Crippen molar-refractivity contribution in [3.05, 3.63) is 54.4 Å². The lowest BCUT2D eigenvalue weighted by Crippen LogP contribution is -2.27. The first-order chi connectivity index (χ1) is 14.3. The third kappa shape index (κ3) is 5.22. The van der Waals surface area contributed by atoms with Gasteiger partial charge in [0, 0.05) is 29.6 Å². The summed E-state index contributed by atoms with van der Waals surface area (Å²) in [7, 11) is 2.91. The zero-order valence-electron chi connectivity index (χ0n) is 17.7. The number of ether oxygens (including phenoxy) is 2. The van der Waals surface area contributed by atoms with Crippen LogP contribution in [-0.4, -0.2) is 40.7 Å². The summed E-state index contributed by atoms with van der Waals surface area (Å²) in [6, 6.07) is 10.6. The average molecular weight is 407 g/mol. The van der Waals surface area contributed by atoms with Gasteiger partial charge in [-0.25, -0.2) is 9.78 Å². The maximum Gasteiger partial charge on any atom is 0.337 e. The zero-order chi connectivity index (χ0) is 21.7. The van der Waals surface area contributed by atoms with Gasteiger partial charge in [-0.1, -0.05) is 0 Å². The molecule has 0 aliphatic heterocycles. The largest absolute Gasteiger partial charge is 0.495 e. The number of hydrogen-bond donors (Lipinski definition) is 2. The molecule has 0 bridgehead atoms. The van der Waals surface area contributed by atoms with Crippen molar-refractivity contribution in [1.82, 2.24) is 15.0 Å². The Bertz CT molecular complexity index is 1030. The molecule has 2 aromatic heterocycles.